The van der Waals surface area contributed by atoms with Crippen LogP contribution in [0.5, 0.6) is 0 Å². The smallest absolute Gasteiger partial charge is 0.153 e. The van der Waals surface area contributed by atoms with Crippen LogP contribution in [0.15, 0.2) is 0 Å². The highest BCUT2D eigenvalue weighted by molar-refractivity contribution is 7.92. The predicted octanol–water partition coefficient (Wildman–Crippen LogP) is 2.37. The minimum Gasteiger partial charge on any atom is -0.315 e. The van der Waals surface area contributed by atoms with Crippen molar-refractivity contribution in [3.63, 3.8) is 0 Å². The van der Waals surface area contributed by atoms with Gasteiger partial charge in [-0.1, -0.05) is 25.7 Å². The van der Waals surface area contributed by atoms with Gasteiger partial charge in [0.25, 0.3) is 0 Å². The van der Waals surface area contributed by atoms with Crippen molar-refractivity contribution in [1.82, 2.24) is 5.32 Å². The third-order valence-electron chi connectivity index (χ3n) is 3.96. The van der Waals surface area contributed by atoms with Crippen molar-refractivity contribution >= 4 is 9.84 Å². The highest BCUT2D eigenvalue weighted by Gasteiger charge is 2.29. The number of sulfone groups is 1. The quantitative estimate of drug-likeness (QED) is 0.773. The Hall–Kier alpha value is -0.0900. The van der Waals surface area contributed by atoms with Crippen LogP contribution in [0, 0.1) is 5.92 Å². The standard InChI is InChI=1S/C13H27NO2S/c1-13(2,17(3,15)16)11-14-10-12-8-6-4-5-7-9-12/h12,14H,4-11H2,1-3H3. The third kappa shape index (κ3) is 4.96. The fourth-order valence-electron chi connectivity index (χ4n) is 2.28. The molecule has 102 valence electrons. The summed E-state index contributed by atoms with van der Waals surface area (Å²) in [6.07, 6.45) is 9.32. The van der Waals surface area contributed by atoms with Gasteiger partial charge < -0.3 is 5.32 Å². The van der Waals surface area contributed by atoms with Gasteiger partial charge in [0.2, 0.25) is 0 Å². The summed E-state index contributed by atoms with van der Waals surface area (Å²) in [4.78, 5) is 0. The van der Waals surface area contributed by atoms with Gasteiger partial charge in [-0.05, 0) is 39.2 Å². The van der Waals surface area contributed by atoms with E-state index in [2.05, 4.69) is 5.32 Å². The molecule has 1 saturated carbocycles. The first kappa shape index (κ1) is 15.0. The van der Waals surface area contributed by atoms with E-state index < -0.39 is 14.6 Å². The van der Waals surface area contributed by atoms with Crippen LogP contribution in [-0.4, -0.2) is 32.5 Å². The van der Waals surface area contributed by atoms with Crippen molar-refractivity contribution in [2.24, 2.45) is 5.92 Å². The monoisotopic (exact) mass is 261 g/mol. The molecule has 0 amide bonds. The molecule has 1 aliphatic carbocycles. The van der Waals surface area contributed by atoms with E-state index >= 15 is 0 Å². The number of hydrogen-bond donors (Lipinski definition) is 1. The summed E-state index contributed by atoms with van der Waals surface area (Å²) in [6.45, 7) is 5.12. The van der Waals surface area contributed by atoms with Crippen LogP contribution in [0.2, 0.25) is 0 Å². The van der Waals surface area contributed by atoms with Crippen molar-refractivity contribution in [2.45, 2.75) is 57.1 Å². The van der Waals surface area contributed by atoms with Gasteiger partial charge in [0.1, 0.15) is 0 Å². The second kappa shape index (κ2) is 6.19. The van der Waals surface area contributed by atoms with Crippen LogP contribution >= 0.6 is 0 Å². The van der Waals surface area contributed by atoms with E-state index in [1.165, 1.54) is 44.8 Å². The maximum absolute atomic E-state index is 11.6. The van der Waals surface area contributed by atoms with Gasteiger partial charge in [-0.2, -0.15) is 0 Å². The Morgan fingerprint density at radius 3 is 2.12 bits per heavy atom. The molecule has 0 unspecified atom stereocenters. The van der Waals surface area contributed by atoms with Gasteiger partial charge in [-0.3, -0.25) is 0 Å². The van der Waals surface area contributed by atoms with Crippen molar-refractivity contribution < 1.29 is 8.42 Å². The zero-order valence-electron chi connectivity index (χ0n) is 11.5. The normalized spacial score (nSPS) is 20.2. The molecule has 0 spiro atoms. The molecule has 1 aliphatic rings. The average Bonchev–Trinajstić information content (AvgIpc) is 2.44. The van der Waals surface area contributed by atoms with Crippen LogP contribution in [0.4, 0.5) is 0 Å². The summed E-state index contributed by atoms with van der Waals surface area (Å²) in [6, 6.07) is 0. The summed E-state index contributed by atoms with van der Waals surface area (Å²) in [7, 11) is -2.98. The average molecular weight is 261 g/mol. The Morgan fingerprint density at radius 1 is 1.12 bits per heavy atom. The minimum atomic E-state index is -2.98. The SMILES string of the molecule is CC(C)(CNCC1CCCCCC1)S(C)(=O)=O. The first-order valence-electron chi connectivity index (χ1n) is 6.73. The van der Waals surface area contributed by atoms with Crippen molar-refractivity contribution in [1.29, 1.82) is 0 Å². The lowest BCUT2D eigenvalue weighted by Gasteiger charge is -2.24. The van der Waals surface area contributed by atoms with E-state index in [1.807, 2.05) is 0 Å². The van der Waals surface area contributed by atoms with Crippen molar-refractivity contribution in [3.05, 3.63) is 0 Å². The zero-order valence-corrected chi connectivity index (χ0v) is 12.3. The van der Waals surface area contributed by atoms with Crippen molar-refractivity contribution in [2.75, 3.05) is 19.3 Å². The van der Waals surface area contributed by atoms with Crippen LogP contribution in [0.25, 0.3) is 0 Å². The van der Waals surface area contributed by atoms with E-state index in [-0.39, 0.29) is 0 Å². The van der Waals surface area contributed by atoms with Crippen LogP contribution < -0.4 is 5.32 Å². The Bertz CT molecular complexity index is 314. The van der Waals surface area contributed by atoms with Gasteiger partial charge in [0.15, 0.2) is 9.84 Å². The highest BCUT2D eigenvalue weighted by Crippen LogP contribution is 2.22. The molecular weight excluding hydrogens is 234 g/mol. The summed E-state index contributed by atoms with van der Waals surface area (Å²) >= 11 is 0. The Morgan fingerprint density at radius 2 is 1.65 bits per heavy atom. The molecule has 3 nitrogen and oxygen atoms in total. The molecule has 0 aromatic carbocycles. The number of nitrogens with one attached hydrogen (secondary N) is 1. The van der Waals surface area contributed by atoms with Crippen molar-refractivity contribution in [3.8, 4) is 0 Å². The second-order valence-electron chi connectivity index (χ2n) is 6.02. The van der Waals surface area contributed by atoms with E-state index in [1.54, 1.807) is 13.8 Å². The largest absolute Gasteiger partial charge is 0.315 e. The molecule has 1 rings (SSSR count). The lowest BCUT2D eigenvalue weighted by atomic mass is 10.0. The molecule has 1 fully saturated rings. The van der Waals surface area contributed by atoms with E-state index in [4.69, 9.17) is 0 Å². The van der Waals surface area contributed by atoms with Gasteiger partial charge in [-0.25, -0.2) is 8.42 Å². The fraction of sp³-hybridized carbons (Fsp3) is 1.00. The molecule has 0 aromatic heterocycles. The van der Waals surface area contributed by atoms with E-state index in [0.717, 1.165) is 12.5 Å². The summed E-state index contributed by atoms with van der Waals surface area (Å²) in [5.74, 6) is 0.743. The summed E-state index contributed by atoms with van der Waals surface area (Å²) in [5, 5.41) is 3.35. The predicted molar refractivity (Wildman–Crippen MR) is 73.0 cm³/mol. The molecule has 0 aromatic rings. The minimum absolute atomic E-state index is 0.558. The first-order valence-corrected chi connectivity index (χ1v) is 8.62. The zero-order chi connectivity index (χ0) is 12.9. The Kier molecular flexibility index (Phi) is 5.45. The fourth-order valence-corrected chi connectivity index (χ4v) is 2.64. The molecule has 4 heteroatoms. The van der Waals surface area contributed by atoms with E-state index in [0.29, 0.717) is 6.54 Å². The summed E-state index contributed by atoms with van der Waals surface area (Å²) < 4.78 is 22.4. The molecule has 0 bridgehead atoms. The second-order valence-corrected chi connectivity index (χ2v) is 8.67. The molecule has 1 N–H and O–H groups in total. The van der Waals surface area contributed by atoms with Crippen LogP contribution in [-0.2, 0) is 9.84 Å². The van der Waals surface area contributed by atoms with E-state index in [9.17, 15) is 8.42 Å². The number of rotatable bonds is 5. The molecule has 0 atom stereocenters. The molecule has 0 saturated heterocycles. The molecule has 17 heavy (non-hydrogen) atoms. The lowest BCUT2D eigenvalue weighted by molar-refractivity contribution is 0.412. The highest BCUT2D eigenvalue weighted by atomic mass is 32.2. The topological polar surface area (TPSA) is 46.2 Å². The van der Waals surface area contributed by atoms with Gasteiger partial charge in [0.05, 0.1) is 4.75 Å². The maximum atomic E-state index is 11.6. The third-order valence-corrected chi connectivity index (χ3v) is 6.11. The van der Waals surface area contributed by atoms with Gasteiger partial charge in [-0.15, -0.1) is 0 Å². The van der Waals surface area contributed by atoms with Gasteiger partial charge >= 0.3 is 0 Å². The van der Waals surface area contributed by atoms with Crippen LogP contribution in [0.1, 0.15) is 52.4 Å². The molecular formula is C13H27NO2S. The lowest BCUT2D eigenvalue weighted by Crippen LogP contribution is -2.43. The maximum Gasteiger partial charge on any atom is 0.153 e. The number of hydrogen-bond acceptors (Lipinski definition) is 3. The summed E-state index contributed by atoms with van der Waals surface area (Å²) in [5.41, 5.74) is 0. The van der Waals surface area contributed by atoms with Crippen LogP contribution in [0.3, 0.4) is 0 Å². The van der Waals surface area contributed by atoms with Gasteiger partial charge in [0, 0.05) is 12.8 Å². The Balaban J connectivity index is 2.31. The molecule has 0 radical (unpaired) electrons. The Labute approximate surface area is 106 Å². The molecule has 0 aliphatic heterocycles. The molecule has 0 heterocycles. The first-order chi connectivity index (χ1) is 7.83.